The maximum atomic E-state index is 11.5. The number of sulfone groups is 1. The molecule has 0 aromatic heterocycles. The molecule has 0 aromatic carbocycles. The molecule has 3 N–H and O–H groups in total. The maximum absolute atomic E-state index is 11.5. The van der Waals surface area contributed by atoms with Crippen LogP contribution in [0.1, 0.15) is 26.2 Å². The van der Waals surface area contributed by atoms with Crippen LogP contribution in [0.3, 0.4) is 0 Å². The molecule has 1 fully saturated rings. The van der Waals surface area contributed by atoms with Crippen molar-refractivity contribution in [1.82, 2.24) is 10.6 Å². The van der Waals surface area contributed by atoms with E-state index in [2.05, 4.69) is 10.6 Å². The molecule has 19 heavy (non-hydrogen) atoms. The van der Waals surface area contributed by atoms with Gasteiger partial charge in [0.2, 0.25) is 0 Å². The van der Waals surface area contributed by atoms with Gasteiger partial charge in [-0.25, -0.2) is 13.2 Å². The van der Waals surface area contributed by atoms with E-state index < -0.39 is 27.8 Å². The summed E-state index contributed by atoms with van der Waals surface area (Å²) in [6.45, 7) is 1.99. The van der Waals surface area contributed by atoms with Gasteiger partial charge in [0.1, 0.15) is 0 Å². The summed E-state index contributed by atoms with van der Waals surface area (Å²) in [4.78, 5) is 22.0. The molecule has 2 unspecified atom stereocenters. The third-order valence-corrected chi connectivity index (χ3v) is 4.86. The lowest BCUT2D eigenvalue weighted by Crippen LogP contribution is -2.43. The number of carbonyl (C=O) groups excluding carboxylic acids is 1. The van der Waals surface area contributed by atoms with Crippen molar-refractivity contribution in [1.29, 1.82) is 0 Å². The van der Waals surface area contributed by atoms with Gasteiger partial charge < -0.3 is 15.7 Å². The normalized spacial score (nSPS) is 22.7. The second-order valence-corrected chi connectivity index (χ2v) is 7.11. The molecule has 1 heterocycles. The first-order valence-electron chi connectivity index (χ1n) is 6.28. The SMILES string of the molecule is CC(CCCNC(=O)NC1CCS(=O)(=O)C1)C(=O)O. The molecule has 8 heteroatoms. The molecule has 0 bridgehead atoms. The fourth-order valence-corrected chi connectivity index (χ4v) is 3.55. The summed E-state index contributed by atoms with van der Waals surface area (Å²) in [7, 11) is -2.99. The molecule has 7 nitrogen and oxygen atoms in total. The summed E-state index contributed by atoms with van der Waals surface area (Å²) >= 11 is 0. The molecule has 1 aliphatic heterocycles. The molecule has 0 spiro atoms. The first-order valence-corrected chi connectivity index (χ1v) is 8.10. The summed E-state index contributed by atoms with van der Waals surface area (Å²) in [6.07, 6.45) is 1.52. The smallest absolute Gasteiger partial charge is 0.315 e. The van der Waals surface area contributed by atoms with Gasteiger partial charge in [-0.1, -0.05) is 6.92 Å². The summed E-state index contributed by atoms with van der Waals surface area (Å²) in [6, 6.07) is -0.715. The zero-order valence-corrected chi connectivity index (χ0v) is 11.7. The molecule has 0 aliphatic carbocycles. The monoisotopic (exact) mass is 292 g/mol. The van der Waals surface area contributed by atoms with Crippen molar-refractivity contribution >= 4 is 21.8 Å². The van der Waals surface area contributed by atoms with E-state index in [0.717, 1.165) is 0 Å². The van der Waals surface area contributed by atoms with E-state index in [1.165, 1.54) is 0 Å². The Morgan fingerprint density at radius 3 is 2.63 bits per heavy atom. The number of rotatable bonds is 6. The first-order chi connectivity index (χ1) is 8.80. The van der Waals surface area contributed by atoms with Gasteiger partial charge in [0.15, 0.2) is 9.84 Å². The standard InChI is InChI=1S/C11H20N2O5S/c1-8(10(14)15)3-2-5-12-11(16)13-9-4-6-19(17,18)7-9/h8-9H,2-7H2,1H3,(H,14,15)(H2,12,13,16). The fraction of sp³-hybridized carbons (Fsp3) is 0.818. The van der Waals surface area contributed by atoms with Crippen molar-refractivity contribution in [3.05, 3.63) is 0 Å². The van der Waals surface area contributed by atoms with Gasteiger partial charge in [0.25, 0.3) is 0 Å². The zero-order valence-electron chi connectivity index (χ0n) is 10.9. The van der Waals surface area contributed by atoms with Crippen LogP contribution in [0.25, 0.3) is 0 Å². The number of carboxylic acids is 1. The highest BCUT2D eigenvalue weighted by Gasteiger charge is 2.28. The van der Waals surface area contributed by atoms with Gasteiger partial charge in [0, 0.05) is 12.6 Å². The Hall–Kier alpha value is -1.31. The third kappa shape index (κ3) is 5.91. The molecule has 110 valence electrons. The number of nitrogens with one attached hydrogen (secondary N) is 2. The molecule has 0 radical (unpaired) electrons. The van der Waals surface area contributed by atoms with Gasteiger partial charge in [-0.3, -0.25) is 4.79 Å². The van der Waals surface area contributed by atoms with Crippen LogP contribution in [-0.4, -0.2) is 49.6 Å². The number of aliphatic carboxylic acids is 1. The molecule has 1 rings (SSSR count). The molecule has 1 saturated heterocycles. The van der Waals surface area contributed by atoms with Gasteiger partial charge in [0.05, 0.1) is 17.4 Å². The van der Waals surface area contributed by atoms with E-state index in [1.807, 2.05) is 0 Å². The minimum atomic E-state index is -2.99. The predicted molar refractivity (Wildman–Crippen MR) is 69.6 cm³/mol. The Morgan fingerprint density at radius 2 is 2.11 bits per heavy atom. The van der Waals surface area contributed by atoms with E-state index >= 15 is 0 Å². The third-order valence-electron chi connectivity index (χ3n) is 3.09. The Balaban J connectivity index is 2.14. The highest BCUT2D eigenvalue weighted by Crippen LogP contribution is 2.10. The average Bonchev–Trinajstić information content (AvgIpc) is 2.63. The summed E-state index contributed by atoms with van der Waals surface area (Å²) in [5.74, 6) is -1.16. The Labute approximate surface area is 112 Å². The van der Waals surface area contributed by atoms with Gasteiger partial charge in [-0.05, 0) is 19.3 Å². The van der Waals surface area contributed by atoms with Crippen LogP contribution in [0.5, 0.6) is 0 Å². The fourth-order valence-electron chi connectivity index (χ4n) is 1.88. The lowest BCUT2D eigenvalue weighted by Gasteiger charge is -2.12. The van der Waals surface area contributed by atoms with Crippen molar-refractivity contribution in [3.63, 3.8) is 0 Å². The van der Waals surface area contributed by atoms with Crippen LogP contribution in [0, 0.1) is 5.92 Å². The highest BCUT2D eigenvalue weighted by molar-refractivity contribution is 7.91. The summed E-state index contributed by atoms with van der Waals surface area (Å²) in [5, 5.41) is 13.9. The van der Waals surface area contributed by atoms with E-state index in [9.17, 15) is 18.0 Å². The van der Waals surface area contributed by atoms with Crippen LogP contribution in [0.2, 0.25) is 0 Å². The Bertz CT molecular complexity index is 434. The highest BCUT2D eigenvalue weighted by atomic mass is 32.2. The van der Waals surface area contributed by atoms with Crippen LogP contribution in [0.4, 0.5) is 4.79 Å². The molecule has 0 saturated carbocycles. The van der Waals surface area contributed by atoms with Gasteiger partial charge >= 0.3 is 12.0 Å². The quantitative estimate of drug-likeness (QED) is 0.595. The first kappa shape index (κ1) is 15.7. The zero-order chi connectivity index (χ0) is 14.5. The van der Waals surface area contributed by atoms with Crippen LogP contribution >= 0.6 is 0 Å². The predicted octanol–water partition coefficient (Wildman–Crippen LogP) is -0.0264. The number of carbonyl (C=O) groups is 2. The molecule has 0 aromatic rings. The minimum absolute atomic E-state index is 0.00350. The average molecular weight is 292 g/mol. The minimum Gasteiger partial charge on any atom is -0.481 e. The van der Waals surface area contributed by atoms with Crippen molar-refractivity contribution in [3.8, 4) is 0 Å². The van der Waals surface area contributed by atoms with E-state index in [-0.39, 0.29) is 17.5 Å². The lowest BCUT2D eigenvalue weighted by atomic mass is 10.1. The summed E-state index contributed by atoms with van der Waals surface area (Å²) < 4.78 is 22.4. The van der Waals surface area contributed by atoms with E-state index in [4.69, 9.17) is 5.11 Å². The molecule has 2 amide bonds. The second kappa shape index (κ2) is 6.74. The number of urea groups is 1. The Morgan fingerprint density at radius 1 is 1.42 bits per heavy atom. The van der Waals surface area contributed by atoms with Crippen LogP contribution in [-0.2, 0) is 14.6 Å². The molecular weight excluding hydrogens is 272 g/mol. The summed E-state index contributed by atoms with van der Waals surface area (Å²) in [5.41, 5.74) is 0. The molecular formula is C11H20N2O5S. The van der Waals surface area contributed by atoms with Crippen LogP contribution in [0.15, 0.2) is 0 Å². The van der Waals surface area contributed by atoms with Gasteiger partial charge in [-0.2, -0.15) is 0 Å². The topological polar surface area (TPSA) is 113 Å². The van der Waals surface area contributed by atoms with Crippen LogP contribution < -0.4 is 10.6 Å². The van der Waals surface area contributed by atoms with Crippen molar-refractivity contribution in [2.45, 2.75) is 32.2 Å². The van der Waals surface area contributed by atoms with Crippen molar-refractivity contribution in [2.75, 3.05) is 18.1 Å². The molecule has 2 atom stereocenters. The second-order valence-electron chi connectivity index (χ2n) is 4.88. The van der Waals surface area contributed by atoms with Crippen molar-refractivity contribution < 1.29 is 23.1 Å². The largest absolute Gasteiger partial charge is 0.481 e. The van der Waals surface area contributed by atoms with Gasteiger partial charge in [-0.15, -0.1) is 0 Å². The number of hydrogen-bond acceptors (Lipinski definition) is 4. The Kier molecular flexibility index (Phi) is 5.59. The molecule has 1 aliphatic rings. The maximum Gasteiger partial charge on any atom is 0.315 e. The number of carboxylic acid groups (broad SMARTS) is 1. The van der Waals surface area contributed by atoms with E-state index in [1.54, 1.807) is 6.92 Å². The number of hydrogen-bond donors (Lipinski definition) is 3. The lowest BCUT2D eigenvalue weighted by molar-refractivity contribution is -0.141. The van der Waals surface area contributed by atoms with E-state index in [0.29, 0.717) is 25.8 Å². The van der Waals surface area contributed by atoms with Crippen molar-refractivity contribution in [2.24, 2.45) is 5.92 Å². The number of amides is 2.